The number of ketones is 1. The molecule has 1 saturated heterocycles. The normalized spacial score (nSPS) is 41.0. The minimum Gasteiger partial charge on any atom is -0.462 e. The second-order valence-electron chi connectivity index (χ2n) is 13.9. The number of para-hydroxylation sites is 1. The first-order valence-corrected chi connectivity index (χ1v) is 15.6. The van der Waals surface area contributed by atoms with Crippen LogP contribution in [0.2, 0.25) is 0 Å². The molecule has 5 heteroatoms. The summed E-state index contributed by atoms with van der Waals surface area (Å²) in [5.74, 6) is 1.60. The molecule has 216 valence electrons. The van der Waals surface area contributed by atoms with Crippen LogP contribution >= 0.6 is 0 Å². The number of benzene rings is 2. The summed E-state index contributed by atoms with van der Waals surface area (Å²) in [6, 6.07) is 21.0. The Hall–Kier alpha value is -2.92. The summed E-state index contributed by atoms with van der Waals surface area (Å²) < 4.78 is 5.66. The fourth-order valence-corrected chi connectivity index (χ4v) is 10.5. The molecular formula is C36H43NO4. The van der Waals surface area contributed by atoms with Gasteiger partial charge in [-0.15, -0.1) is 0 Å². The van der Waals surface area contributed by atoms with Gasteiger partial charge in [-0.3, -0.25) is 14.4 Å². The molecule has 4 aliphatic carbocycles. The number of carbonyl (C=O) groups excluding carboxylic acids is 2. The van der Waals surface area contributed by atoms with Crippen LogP contribution in [-0.4, -0.2) is 23.5 Å². The van der Waals surface area contributed by atoms with E-state index in [1.165, 1.54) is 18.1 Å². The zero-order valence-corrected chi connectivity index (χ0v) is 24.8. The number of esters is 1. The van der Waals surface area contributed by atoms with Crippen LogP contribution in [0.25, 0.3) is 0 Å². The number of fused-ring (bicyclic) bond motifs is 7. The number of Topliss-reactive ketones (excluding diaryl/α,β-unsaturated/α-hetero) is 1. The smallest absolute Gasteiger partial charge is 0.302 e. The zero-order valence-electron chi connectivity index (χ0n) is 24.8. The van der Waals surface area contributed by atoms with Gasteiger partial charge in [-0.1, -0.05) is 74.0 Å². The van der Waals surface area contributed by atoms with E-state index in [0.29, 0.717) is 17.8 Å². The Labute approximate surface area is 244 Å². The highest BCUT2D eigenvalue weighted by atomic mass is 16.7. The van der Waals surface area contributed by atoms with Crippen LogP contribution in [0.5, 0.6) is 0 Å². The van der Waals surface area contributed by atoms with Gasteiger partial charge >= 0.3 is 5.97 Å². The van der Waals surface area contributed by atoms with Crippen molar-refractivity contribution in [1.29, 1.82) is 0 Å². The summed E-state index contributed by atoms with van der Waals surface area (Å²) in [4.78, 5) is 32.9. The van der Waals surface area contributed by atoms with E-state index in [-0.39, 0.29) is 40.6 Å². The summed E-state index contributed by atoms with van der Waals surface area (Å²) in [6.45, 7) is 8.15. The first-order valence-electron chi connectivity index (χ1n) is 15.6. The minimum absolute atomic E-state index is 0.00745. The van der Waals surface area contributed by atoms with Crippen LogP contribution in [-0.2, 0) is 19.2 Å². The number of carbonyl (C=O) groups is 2. The average molecular weight is 554 g/mol. The van der Waals surface area contributed by atoms with Gasteiger partial charge in [0.25, 0.3) is 0 Å². The lowest BCUT2D eigenvalue weighted by Gasteiger charge is -2.59. The molecule has 1 unspecified atom stereocenters. The van der Waals surface area contributed by atoms with E-state index in [0.717, 1.165) is 50.6 Å². The van der Waals surface area contributed by atoms with Crippen molar-refractivity contribution < 1.29 is 19.2 Å². The average Bonchev–Trinajstić information content (AvgIpc) is 3.44. The molecule has 0 bridgehead atoms. The third-order valence-electron chi connectivity index (χ3n) is 12.2. The molecular weight excluding hydrogens is 510 g/mol. The number of allylic oxidation sites excluding steroid dienone is 1. The Kier molecular flexibility index (Phi) is 6.28. The molecule has 1 heterocycles. The number of hydrogen-bond donors (Lipinski definition) is 0. The van der Waals surface area contributed by atoms with Gasteiger partial charge in [-0.2, -0.15) is 0 Å². The van der Waals surface area contributed by atoms with Gasteiger partial charge in [-0.05, 0) is 86.3 Å². The van der Waals surface area contributed by atoms with Gasteiger partial charge in [0.2, 0.25) is 0 Å². The van der Waals surface area contributed by atoms with E-state index < -0.39 is 5.60 Å². The van der Waals surface area contributed by atoms with Crippen molar-refractivity contribution in [3.05, 3.63) is 77.9 Å². The first-order chi connectivity index (χ1) is 19.7. The Morgan fingerprint density at radius 3 is 2.29 bits per heavy atom. The molecule has 5 nitrogen and oxygen atoms in total. The fraction of sp³-hybridized carbons (Fsp3) is 0.556. The van der Waals surface area contributed by atoms with Gasteiger partial charge < -0.3 is 4.74 Å². The maximum Gasteiger partial charge on any atom is 0.302 e. The minimum atomic E-state index is -0.850. The molecule has 0 radical (unpaired) electrons. The van der Waals surface area contributed by atoms with Crippen molar-refractivity contribution in [3.63, 3.8) is 0 Å². The maximum atomic E-state index is 14.0. The van der Waals surface area contributed by atoms with Crippen LogP contribution in [0.4, 0.5) is 5.69 Å². The lowest BCUT2D eigenvalue weighted by Crippen LogP contribution is -2.58. The van der Waals surface area contributed by atoms with Crippen molar-refractivity contribution in [2.24, 2.45) is 34.5 Å². The van der Waals surface area contributed by atoms with Crippen molar-refractivity contribution in [2.45, 2.75) is 90.4 Å². The van der Waals surface area contributed by atoms with E-state index in [4.69, 9.17) is 9.57 Å². The Bertz CT molecular complexity index is 1370. The highest BCUT2D eigenvalue weighted by Crippen LogP contribution is 2.73. The molecule has 0 N–H and O–H groups in total. The standard InChI is InChI=1S/C36H43NO4/c1-23(38)36-32(33(25-11-7-5-8-12-25)37(41-36)27-13-9-6-10-14-27)22-31-29-16-15-26-21-28(40-24(2)39)17-19-34(26,3)30(29)18-20-35(31,36)4/h5-15,28-33H,16-22H2,1-4H3/t28-,29+,30-,31-,32-,33?,34-,35-,36+/m0/s1. The van der Waals surface area contributed by atoms with Gasteiger partial charge in [0, 0.05) is 24.7 Å². The van der Waals surface area contributed by atoms with Gasteiger partial charge in [0.05, 0.1) is 11.7 Å². The summed E-state index contributed by atoms with van der Waals surface area (Å²) in [5, 5.41) is 2.07. The van der Waals surface area contributed by atoms with Crippen molar-refractivity contribution in [1.82, 2.24) is 0 Å². The predicted molar refractivity (Wildman–Crippen MR) is 159 cm³/mol. The molecule has 9 atom stereocenters. The fourth-order valence-electron chi connectivity index (χ4n) is 10.5. The summed E-state index contributed by atoms with van der Waals surface area (Å²) in [5.41, 5.74) is 2.76. The lowest BCUT2D eigenvalue weighted by molar-refractivity contribution is -0.171. The van der Waals surface area contributed by atoms with E-state index >= 15 is 0 Å². The highest BCUT2D eigenvalue weighted by Gasteiger charge is 2.75. The SMILES string of the molecule is CC(=O)O[C@H]1CC[C@@]2(C)C(=CC[C@@H]3[C@@H]2CC[C@@]2(C)[C@H]3C[C@H]3C(c4ccccc4)N(c4ccccc4)O[C@]32C(C)=O)C1. The Morgan fingerprint density at radius 2 is 1.61 bits per heavy atom. The van der Waals surface area contributed by atoms with E-state index in [1.54, 1.807) is 6.92 Å². The number of ether oxygens (including phenoxy) is 1. The van der Waals surface area contributed by atoms with Gasteiger partial charge in [0.15, 0.2) is 11.4 Å². The molecule has 2 aromatic carbocycles. The monoisotopic (exact) mass is 553 g/mol. The number of hydrogen-bond acceptors (Lipinski definition) is 5. The second kappa shape index (κ2) is 9.55. The van der Waals surface area contributed by atoms with Crippen LogP contribution in [0.1, 0.15) is 84.2 Å². The van der Waals surface area contributed by atoms with Crippen molar-refractivity contribution in [2.75, 3.05) is 5.06 Å². The number of anilines is 1. The molecule has 41 heavy (non-hydrogen) atoms. The molecule has 7 rings (SSSR count). The van der Waals surface area contributed by atoms with Crippen molar-refractivity contribution >= 4 is 17.4 Å². The van der Waals surface area contributed by atoms with Crippen molar-refractivity contribution in [3.8, 4) is 0 Å². The lowest BCUT2D eigenvalue weighted by atomic mass is 9.46. The second-order valence-corrected chi connectivity index (χ2v) is 13.9. The Balaban J connectivity index is 1.28. The van der Waals surface area contributed by atoms with Crippen LogP contribution in [0.15, 0.2) is 72.3 Å². The molecule has 3 saturated carbocycles. The quantitative estimate of drug-likeness (QED) is 0.288. The van der Waals surface area contributed by atoms with Crippen LogP contribution in [0, 0.1) is 34.5 Å². The largest absolute Gasteiger partial charge is 0.462 e. The van der Waals surface area contributed by atoms with E-state index in [2.05, 4.69) is 67.5 Å². The maximum absolute atomic E-state index is 14.0. The number of hydroxylamine groups is 1. The number of nitrogens with zero attached hydrogens (tertiary/aromatic N) is 1. The number of rotatable bonds is 4. The highest BCUT2D eigenvalue weighted by molar-refractivity contribution is 5.88. The molecule has 0 amide bonds. The van der Waals surface area contributed by atoms with E-state index in [1.807, 2.05) is 18.2 Å². The van der Waals surface area contributed by atoms with Gasteiger partial charge in [-0.25, -0.2) is 5.06 Å². The third kappa shape index (κ3) is 3.77. The summed E-state index contributed by atoms with van der Waals surface area (Å²) in [6.07, 6.45) is 9.50. The molecule has 2 aromatic rings. The molecule has 5 aliphatic rings. The molecule has 0 spiro atoms. The van der Waals surface area contributed by atoms with Crippen LogP contribution < -0.4 is 5.06 Å². The summed E-state index contributed by atoms with van der Waals surface area (Å²) >= 11 is 0. The first kappa shape index (κ1) is 26.9. The molecule has 0 aromatic heterocycles. The molecule has 4 fully saturated rings. The Morgan fingerprint density at radius 1 is 0.902 bits per heavy atom. The molecule has 1 aliphatic heterocycles. The third-order valence-corrected chi connectivity index (χ3v) is 12.2. The summed E-state index contributed by atoms with van der Waals surface area (Å²) in [7, 11) is 0. The predicted octanol–water partition coefficient (Wildman–Crippen LogP) is 7.63. The zero-order chi connectivity index (χ0) is 28.6. The van der Waals surface area contributed by atoms with Gasteiger partial charge in [0.1, 0.15) is 6.10 Å². The van der Waals surface area contributed by atoms with E-state index in [9.17, 15) is 9.59 Å². The topological polar surface area (TPSA) is 55.8 Å². The van der Waals surface area contributed by atoms with Crippen LogP contribution in [0.3, 0.4) is 0 Å².